The molecule has 2 rings (SSSR count). The number of aryl methyl sites for hydroxylation is 1. The summed E-state index contributed by atoms with van der Waals surface area (Å²) in [4.78, 5) is 8.55. The first-order valence-corrected chi connectivity index (χ1v) is 5.25. The van der Waals surface area contributed by atoms with E-state index in [2.05, 4.69) is 38.1 Å². The molecule has 2 aromatic heterocycles. The van der Waals surface area contributed by atoms with E-state index >= 15 is 0 Å². The van der Waals surface area contributed by atoms with Crippen LogP contribution in [0, 0.1) is 0 Å². The molecule has 5 heteroatoms. The number of imidazole rings is 1. The minimum atomic E-state index is 0.862. The van der Waals surface area contributed by atoms with Gasteiger partial charge >= 0.3 is 0 Å². The summed E-state index contributed by atoms with van der Waals surface area (Å²) in [5, 5.41) is 3.15. The fraction of sp³-hybridized carbons (Fsp3) is 0.333. The van der Waals surface area contributed by atoms with E-state index in [-0.39, 0.29) is 0 Å². The molecule has 1 N–H and O–H groups in total. The fourth-order valence-electron chi connectivity index (χ4n) is 1.51. The van der Waals surface area contributed by atoms with Crippen LogP contribution in [0.3, 0.4) is 0 Å². The van der Waals surface area contributed by atoms with Gasteiger partial charge in [0.15, 0.2) is 5.65 Å². The van der Waals surface area contributed by atoms with E-state index in [1.165, 1.54) is 0 Å². The van der Waals surface area contributed by atoms with Gasteiger partial charge in [-0.05, 0) is 22.4 Å². The van der Waals surface area contributed by atoms with Gasteiger partial charge in [0.25, 0.3) is 0 Å². The predicted octanol–water partition coefficient (Wildman–Crippen LogP) is 2.10. The molecule has 0 aromatic carbocycles. The number of hydrogen-bond acceptors (Lipinski definition) is 3. The van der Waals surface area contributed by atoms with Crippen molar-refractivity contribution in [2.45, 2.75) is 13.3 Å². The highest BCUT2D eigenvalue weighted by molar-refractivity contribution is 9.10. The highest BCUT2D eigenvalue weighted by Crippen LogP contribution is 2.22. The van der Waals surface area contributed by atoms with Crippen LogP contribution in [0.2, 0.25) is 0 Å². The van der Waals surface area contributed by atoms with Crippen molar-refractivity contribution in [1.82, 2.24) is 14.4 Å². The zero-order valence-electron chi connectivity index (χ0n) is 8.08. The Hall–Kier alpha value is -1.10. The van der Waals surface area contributed by atoms with Gasteiger partial charge in [-0.25, -0.2) is 4.98 Å². The Morgan fingerprint density at radius 1 is 1.50 bits per heavy atom. The molecule has 0 aliphatic rings. The Morgan fingerprint density at radius 3 is 2.93 bits per heavy atom. The Balaban J connectivity index is 2.81. The molecule has 0 aliphatic heterocycles. The lowest BCUT2D eigenvalue weighted by atomic mass is 10.3. The van der Waals surface area contributed by atoms with Gasteiger partial charge in [-0.3, -0.25) is 9.38 Å². The molecule has 0 saturated carbocycles. The third-order valence-electron chi connectivity index (χ3n) is 2.13. The van der Waals surface area contributed by atoms with E-state index < -0.39 is 0 Å². The molecule has 0 amide bonds. The minimum absolute atomic E-state index is 0.862. The average Bonchev–Trinajstić information content (AvgIpc) is 2.56. The van der Waals surface area contributed by atoms with E-state index in [1.807, 2.05) is 11.4 Å². The van der Waals surface area contributed by atoms with Crippen molar-refractivity contribution in [3.63, 3.8) is 0 Å². The predicted molar refractivity (Wildman–Crippen MR) is 59.6 cm³/mol. The molecule has 0 saturated heterocycles. The molecule has 2 aromatic rings. The topological polar surface area (TPSA) is 42.2 Å². The SMILES string of the molecule is CCc1nc2cncc(Br)n2c1NC. The summed E-state index contributed by atoms with van der Waals surface area (Å²) in [6.07, 6.45) is 4.42. The maximum Gasteiger partial charge on any atom is 0.158 e. The van der Waals surface area contributed by atoms with Crippen molar-refractivity contribution >= 4 is 27.4 Å². The molecule has 0 bridgehead atoms. The number of nitrogens with zero attached hydrogens (tertiary/aromatic N) is 3. The van der Waals surface area contributed by atoms with E-state index in [9.17, 15) is 0 Å². The average molecular weight is 255 g/mol. The molecule has 4 nitrogen and oxygen atoms in total. The summed E-state index contributed by atoms with van der Waals surface area (Å²) < 4.78 is 2.91. The van der Waals surface area contributed by atoms with Gasteiger partial charge < -0.3 is 5.32 Å². The molecule has 0 atom stereocenters. The van der Waals surface area contributed by atoms with Crippen LogP contribution in [-0.2, 0) is 6.42 Å². The van der Waals surface area contributed by atoms with E-state index in [0.717, 1.165) is 28.2 Å². The van der Waals surface area contributed by atoms with Gasteiger partial charge in [0.2, 0.25) is 0 Å². The minimum Gasteiger partial charge on any atom is -0.373 e. The van der Waals surface area contributed by atoms with Crippen molar-refractivity contribution in [1.29, 1.82) is 0 Å². The first-order chi connectivity index (χ1) is 6.77. The molecule has 0 unspecified atom stereocenters. The molecule has 0 aliphatic carbocycles. The van der Waals surface area contributed by atoms with E-state index in [4.69, 9.17) is 0 Å². The lowest BCUT2D eigenvalue weighted by Crippen LogP contribution is -1.98. The van der Waals surface area contributed by atoms with Gasteiger partial charge in [0.1, 0.15) is 10.4 Å². The van der Waals surface area contributed by atoms with Gasteiger partial charge in [0.05, 0.1) is 18.1 Å². The largest absolute Gasteiger partial charge is 0.373 e. The van der Waals surface area contributed by atoms with Gasteiger partial charge in [-0.1, -0.05) is 6.92 Å². The second-order valence-electron chi connectivity index (χ2n) is 2.93. The van der Waals surface area contributed by atoms with Gasteiger partial charge in [-0.2, -0.15) is 0 Å². The number of anilines is 1. The number of halogens is 1. The van der Waals surface area contributed by atoms with Crippen molar-refractivity contribution in [3.8, 4) is 0 Å². The third kappa shape index (κ3) is 1.28. The Labute approximate surface area is 90.5 Å². The van der Waals surface area contributed by atoms with Crippen molar-refractivity contribution < 1.29 is 0 Å². The Bertz CT molecular complexity index is 463. The standard InChI is InChI=1S/C9H11BrN4/c1-3-6-9(11-2)14-7(10)4-12-5-8(14)13-6/h4-5,11H,3H2,1-2H3. The molecule has 0 spiro atoms. The van der Waals surface area contributed by atoms with Crippen LogP contribution in [0.5, 0.6) is 0 Å². The lowest BCUT2D eigenvalue weighted by Gasteiger charge is -2.03. The molecular formula is C9H11BrN4. The normalized spacial score (nSPS) is 10.8. The summed E-state index contributed by atoms with van der Waals surface area (Å²) in [7, 11) is 1.90. The highest BCUT2D eigenvalue weighted by Gasteiger charge is 2.10. The quantitative estimate of drug-likeness (QED) is 0.893. The molecule has 74 valence electrons. The van der Waals surface area contributed by atoms with Crippen molar-refractivity contribution in [2.75, 3.05) is 12.4 Å². The first kappa shape index (κ1) is 9.45. The summed E-state index contributed by atoms with van der Waals surface area (Å²) >= 11 is 3.45. The number of rotatable bonds is 2. The lowest BCUT2D eigenvalue weighted by molar-refractivity contribution is 1.06. The second-order valence-corrected chi connectivity index (χ2v) is 3.75. The van der Waals surface area contributed by atoms with Crippen LogP contribution in [0.1, 0.15) is 12.6 Å². The second kappa shape index (κ2) is 3.57. The summed E-state index contributed by atoms with van der Waals surface area (Å²) in [5.41, 5.74) is 1.92. The molecular weight excluding hydrogens is 244 g/mol. The molecule has 2 heterocycles. The first-order valence-electron chi connectivity index (χ1n) is 4.46. The van der Waals surface area contributed by atoms with E-state index in [0.29, 0.717) is 0 Å². The van der Waals surface area contributed by atoms with Crippen molar-refractivity contribution in [3.05, 3.63) is 22.7 Å². The maximum absolute atomic E-state index is 4.47. The zero-order valence-corrected chi connectivity index (χ0v) is 9.67. The van der Waals surface area contributed by atoms with E-state index in [1.54, 1.807) is 12.4 Å². The maximum atomic E-state index is 4.47. The van der Waals surface area contributed by atoms with Crippen LogP contribution >= 0.6 is 15.9 Å². The molecule has 14 heavy (non-hydrogen) atoms. The molecule has 0 fully saturated rings. The summed E-state index contributed by atoms with van der Waals surface area (Å²) in [5.74, 6) is 1.02. The number of aromatic nitrogens is 3. The van der Waals surface area contributed by atoms with Crippen LogP contribution in [0.25, 0.3) is 5.65 Å². The van der Waals surface area contributed by atoms with Crippen LogP contribution in [-0.4, -0.2) is 21.4 Å². The van der Waals surface area contributed by atoms with Gasteiger partial charge in [0, 0.05) is 7.05 Å². The van der Waals surface area contributed by atoms with Crippen LogP contribution in [0.15, 0.2) is 17.0 Å². The van der Waals surface area contributed by atoms with Crippen LogP contribution < -0.4 is 5.32 Å². The monoisotopic (exact) mass is 254 g/mol. The smallest absolute Gasteiger partial charge is 0.158 e. The number of hydrogen-bond donors (Lipinski definition) is 1. The number of nitrogens with one attached hydrogen (secondary N) is 1. The Morgan fingerprint density at radius 2 is 2.29 bits per heavy atom. The van der Waals surface area contributed by atoms with Gasteiger partial charge in [-0.15, -0.1) is 0 Å². The van der Waals surface area contributed by atoms with Crippen LogP contribution in [0.4, 0.5) is 5.82 Å². The highest BCUT2D eigenvalue weighted by atomic mass is 79.9. The zero-order chi connectivity index (χ0) is 10.1. The summed E-state index contributed by atoms with van der Waals surface area (Å²) in [6.45, 7) is 2.09. The Kier molecular flexibility index (Phi) is 2.41. The molecule has 0 radical (unpaired) electrons. The third-order valence-corrected chi connectivity index (χ3v) is 2.69. The van der Waals surface area contributed by atoms with Crippen molar-refractivity contribution in [2.24, 2.45) is 0 Å². The summed E-state index contributed by atoms with van der Waals surface area (Å²) in [6, 6.07) is 0. The number of fused-ring (bicyclic) bond motifs is 1. The fourth-order valence-corrected chi connectivity index (χ4v) is 1.99.